The Morgan fingerprint density at radius 2 is 1.95 bits per heavy atom. The van der Waals surface area contributed by atoms with Crippen molar-refractivity contribution >= 4 is 46.6 Å². The van der Waals surface area contributed by atoms with Gasteiger partial charge in [-0.25, -0.2) is 9.97 Å². The topological polar surface area (TPSA) is 125 Å². The van der Waals surface area contributed by atoms with Crippen molar-refractivity contribution in [1.29, 1.82) is 0 Å². The third-order valence-electron chi connectivity index (χ3n) is 7.76. The van der Waals surface area contributed by atoms with Crippen LogP contribution >= 0.6 is 11.6 Å². The van der Waals surface area contributed by atoms with Crippen molar-refractivity contribution < 1.29 is 9.59 Å². The van der Waals surface area contributed by atoms with Gasteiger partial charge in [0.05, 0.1) is 12.4 Å². The van der Waals surface area contributed by atoms with Crippen LogP contribution in [0.4, 0.5) is 23.1 Å². The van der Waals surface area contributed by atoms with E-state index in [-0.39, 0.29) is 17.7 Å². The second-order valence-corrected chi connectivity index (χ2v) is 11.1. The smallest absolute Gasteiger partial charge is 0.274 e. The van der Waals surface area contributed by atoms with E-state index in [4.69, 9.17) is 11.6 Å². The Labute approximate surface area is 243 Å². The lowest BCUT2D eigenvalue weighted by Crippen LogP contribution is -2.39. The zero-order valence-corrected chi connectivity index (χ0v) is 23.3. The molecule has 1 fully saturated rings. The molecule has 41 heavy (non-hydrogen) atoms. The van der Waals surface area contributed by atoms with Crippen molar-refractivity contribution in [2.24, 2.45) is 11.8 Å². The number of aromatic nitrogens is 4. The Hall–Kier alpha value is -4.31. The molecule has 10 nitrogen and oxygen atoms in total. The van der Waals surface area contributed by atoms with Crippen LogP contribution in [-0.2, 0) is 11.2 Å². The number of anilines is 4. The fourth-order valence-corrected chi connectivity index (χ4v) is 5.69. The van der Waals surface area contributed by atoms with Gasteiger partial charge < -0.3 is 20.9 Å². The lowest BCUT2D eigenvalue weighted by molar-refractivity contribution is -0.117. The van der Waals surface area contributed by atoms with Crippen molar-refractivity contribution in [3.05, 3.63) is 83.2 Å². The van der Waals surface area contributed by atoms with E-state index < -0.39 is 0 Å². The molecule has 4 heterocycles. The first kappa shape index (κ1) is 26.9. The molecule has 1 saturated heterocycles. The number of hydrogen-bond donors (Lipinski definition) is 3. The van der Waals surface area contributed by atoms with Crippen LogP contribution in [0.3, 0.4) is 0 Å². The molecule has 11 heteroatoms. The van der Waals surface area contributed by atoms with Crippen molar-refractivity contribution in [1.82, 2.24) is 24.8 Å². The summed E-state index contributed by atoms with van der Waals surface area (Å²) in [5, 5.41) is 10.2. The predicted octanol–water partition coefficient (Wildman–Crippen LogP) is 5.36. The maximum Gasteiger partial charge on any atom is 0.274 e. The lowest BCUT2D eigenvalue weighted by Gasteiger charge is -2.31. The van der Waals surface area contributed by atoms with Gasteiger partial charge in [0.15, 0.2) is 5.82 Å². The van der Waals surface area contributed by atoms with Gasteiger partial charge in [0.2, 0.25) is 11.9 Å². The van der Waals surface area contributed by atoms with Crippen LogP contribution in [-0.4, -0.2) is 49.7 Å². The summed E-state index contributed by atoms with van der Waals surface area (Å²) in [5.74, 6) is 1.44. The minimum Gasteiger partial charge on any atom is -0.339 e. The number of fused-ring (bicyclic) bond motifs is 6. The molecule has 3 N–H and O–H groups in total. The summed E-state index contributed by atoms with van der Waals surface area (Å²) in [4.78, 5) is 44.6. The molecule has 1 aliphatic carbocycles. The van der Waals surface area contributed by atoms with Gasteiger partial charge in [-0.15, -0.1) is 0 Å². The van der Waals surface area contributed by atoms with E-state index in [2.05, 4.69) is 54.1 Å². The van der Waals surface area contributed by atoms with E-state index in [0.717, 1.165) is 54.7 Å². The molecule has 6 rings (SSSR count). The van der Waals surface area contributed by atoms with Gasteiger partial charge in [0, 0.05) is 49.0 Å². The second-order valence-electron chi connectivity index (χ2n) is 10.7. The van der Waals surface area contributed by atoms with Crippen LogP contribution in [0.15, 0.2) is 66.9 Å². The zero-order chi connectivity index (χ0) is 28.2. The van der Waals surface area contributed by atoms with E-state index in [1.165, 1.54) is 12.4 Å². The standard InChI is InChI=1S/C30H31ClN8O2/c31-24-17-34-30-36-22-3-1-2-19(14-22)4-5-21-16-23(35-28(24)38-30)6-7-25(21)37-27(40)15-20-8-12-39(13-9-20)29(41)26-18-32-10-11-33-26/h1-3,6-7,10-11,16-20H,4-5,8-9,12-15H2,(H,37,40)(H2,34,35,36,38). The number of amides is 2. The Kier molecular flexibility index (Phi) is 7.91. The third kappa shape index (κ3) is 6.54. The summed E-state index contributed by atoms with van der Waals surface area (Å²) in [5.41, 5.74) is 4.10. The van der Waals surface area contributed by atoms with E-state index in [9.17, 15) is 9.59 Å². The molecule has 2 aromatic heterocycles. The molecule has 0 saturated carbocycles. The molecular formula is C30H31ClN8O2. The van der Waals surface area contributed by atoms with Crippen molar-refractivity contribution in [3.63, 3.8) is 0 Å². The molecule has 3 aliphatic rings. The quantitative estimate of drug-likeness (QED) is 0.383. The van der Waals surface area contributed by atoms with Crippen LogP contribution in [0.1, 0.15) is 48.2 Å². The highest BCUT2D eigenvalue weighted by Crippen LogP contribution is 2.32. The minimum absolute atomic E-state index is 0.0148. The molecule has 3 aromatic rings. The third-order valence-corrected chi connectivity index (χ3v) is 8.04. The fourth-order valence-electron chi connectivity index (χ4n) is 5.55. The van der Waals surface area contributed by atoms with Crippen LogP contribution in [0.2, 0.25) is 5.02 Å². The van der Waals surface area contributed by atoms with Crippen LogP contribution < -0.4 is 16.0 Å². The maximum atomic E-state index is 13.2. The van der Waals surface area contributed by atoms with Crippen LogP contribution in [0.5, 0.6) is 0 Å². The highest BCUT2D eigenvalue weighted by molar-refractivity contribution is 6.32. The SMILES string of the molecule is O=C(CC1CCN(C(=O)c2cnccn2)CC1)Nc1ccc2cc1CCC1C=CC=C(C1)Nc1ncc(Cl)c(n1)N2. The number of piperidine rings is 1. The molecule has 1 unspecified atom stereocenters. The van der Waals surface area contributed by atoms with E-state index in [1.807, 2.05) is 18.2 Å². The lowest BCUT2D eigenvalue weighted by atomic mass is 9.91. The number of hydrogen-bond acceptors (Lipinski definition) is 8. The first-order valence-electron chi connectivity index (χ1n) is 13.9. The number of nitrogens with zero attached hydrogens (tertiary/aromatic N) is 5. The molecule has 0 spiro atoms. The van der Waals surface area contributed by atoms with Gasteiger partial charge in [0.1, 0.15) is 10.7 Å². The molecule has 1 aromatic carbocycles. The first-order valence-corrected chi connectivity index (χ1v) is 14.3. The highest BCUT2D eigenvalue weighted by Gasteiger charge is 2.26. The van der Waals surface area contributed by atoms with Gasteiger partial charge in [-0.2, -0.15) is 4.98 Å². The fraction of sp³-hybridized carbons (Fsp3) is 0.333. The van der Waals surface area contributed by atoms with Gasteiger partial charge >= 0.3 is 0 Å². The minimum atomic E-state index is -0.111. The number of rotatable bonds is 4. The Morgan fingerprint density at radius 1 is 1.07 bits per heavy atom. The number of nitrogens with one attached hydrogen (secondary N) is 3. The zero-order valence-electron chi connectivity index (χ0n) is 22.5. The molecule has 2 aliphatic heterocycles. The number of aryl methyl sites for hydroxylation is 1. The summed E-state index contributed by atoms with van der Waals surface area (Å²) in [6.07, 6.45) is 17.0. The van der Waals surface area contributed by atoms with Gasteiger partial charge in [-0.3, -0.25) is 14.6 Å². The number of benzene rings is 1. The van der Waals surface area contributed by atoms with Crippen molar-refractivity contribution in [2.45, 2.75) is 38.5 Å². The number of halogens is 1. The van der Waals surface area contributed by atoms with Crippen molar-refractivity contribution in [2.75, 3.05) is 29.0 Å². The average Bonchev–Trinajstić information content (AvgIpc) is 2.99. The first-order chi connectivity index (χ1) is 20.0. The number of carbonyl (C=O) groups excluding carboxylic acids is 2. The molecule has 1 atom stereocenters. The summed E-state index contributed by atoms with van der Waals surface area (Å²) >= 11 is 6.40. The Morgan fingerprint density at radius 3 is 2.78 bits per heavy atom. The maximum absolute atomic E-state index is 13.2. The molecule has 6 bridgehead atoms. The van der Waals surface area contributed by atoms with Gasteiger partial charge in [-0.1, -0.05) is 23.8 Å². The van der Waals surface area contributed by atoms with E-state index in [0.29, 0.717) is 47.9 Å². The molecular weight excluding hydrogens is 540 g/mol. The number of likely N-dealkylation sites (tertiary alicyclic amines) is 1. The van der Waals surface area contributed by atoms with E-state index >= 15 is 0 Å². The molecule has 2 amide bonds. The number of allylic oxidation sites excluding steroid dienone is 4. The Balaban J connectivity index is 1.13. The Bertz CT molecular complexity index is 1500. The normalized spacial score (nSPS) is 18.5. The predicted molar refractivity (Wildman–Crippen MR) is 158 cm³/mol. The van der Waals surface area contributed by atoms with Gasteiger partial charge in [-0.05, 0) is 73.8 Å². The number of carbonyl (C=O) groups is 2. The van der Waals surface area contributed by atoms with Gasteiger partial charge in [0.25, 0.3) is 5.91 Å². The monoisotopic (exact) mass is 570 g/mol. The van der Waals surface area contributed by atoms with Crippen molar-refractivity contribution in [3.8, 4) is 0 Å². The van der Waals surface area contributed by atoms with Crippen LogP contribution in [0, 0.1) is 11.8 Å². The molecule has 0 radical (unpaired) electrons. The summed E-state index contributed by atoms with van der Waals surface area (Å²) in [6.45, 7) is 1.21. The molecule has 210 valence electrons. The summed E-state index contributed by atoms with van der Waals surface area (Å²) < 4.78 is 0. The average molecular weight is 571 g/mol. The largest absolute Gasteiger partial charge is 0.339 e. The van der Waals surface area contributed by atoms with E-state index in [1.54, 1.807) is 17.3 Å². The summed E-state index contributed by atoms with van der Waals surface area (Å²) in [7, 11) is 0. The summed E-state index contributed by atoms with van der Waals surface area (Å²) in [6, 6.07) is 5.91. The highest BCUT2D eigenvalue weighted by atomic mass is 35.5. The second kappa shape index (κ2) is 12.1. The van der Waals surface area contributed by atoms with Crippen LogP contribution in [0.25, 0.3) is 0 Å².